The van der Waals surface area contributed by atoms with Crippen LogP contribution in [0.15, 0.2) is 30.9 Å². The summed E-state index contributed by atoms with van der Waals surface area (Å²) >= 11 is 0. The number of imidazole rings is 1. The number of hydrogen-bond donors (Lipinski definition) is 1. The first-order chi connectivity index (χ1) is 10.3. The summed E-state index contributed by atoms with van der Waals surface area (Å²) in [5, 5.41) is 11.1. The summed E-state index contributed by atoms with van der Waals surface area (Å²) < 4.78 is 1.75. The summed E-state index contributed by atoms with van der Waals surface area (Å²) in [5.74, 6) is 0.519. The maximum absolute atomic E-state index is 12.2. The van der Waals surface area contributed by atoms with Gasteiger partial charge in [0.2, 0.25) is 0 Å². The van der Waals surface area contributed by atoms with Crippen molar-refractivity contribution in [2.75, 3.05) is 0 Å². The van der Waals surface area contributed by atoms with E-state index >= 15 is 0 Å². The van der Waals surface area contributed by atoms with Gasteiger partial charge in [-0.1, -0.05) is 25.7 Å². The molecule has 3 rings (SSSR count). The lowest BCUT2D eigenvalue weighted by atomic mass is 10.1. The van der Waals surface area contributed by atoms with E-state index in [1.54, 1.807) is 35.4 Å². The average molecular weight is 285 g/mol. The van der Waals surface area contributed by atoms with Gasteiger partial charge in [-0.2, -0.15) is 0 Å². The molecule has 0 bridgehead atoms. The van der Waals surface area contributed by atoms with Gasteiger partial charge in [0, 0.05) is 18.4 Å². The quantitative estimate of drug-likeness (QED) is 0.877. The van der Waals surface area contributed by atoms with Gasteiger partial charge in [-0.05, 0) is 25.0 Å². The molecule has 1 fully saturated rings. The van der Waals surface area contributed by atoms with Gasteiger partial charge in [-0.3, -0.25) is 9.36 Å². The Kier molecular flexibility index (Phi) is 4.23. The third kappa shape index (κ3) is 3.45. The smallest absolute Gasteiger partial charge is 0.272 e. The largest absolute Gasteiger partial charge is 0.348 e. The van der Waals surface area contributed by atoms with Crippen molar-refractivity contribution < 1.29 is 4.79 Å². The number of rotatable bonds is 3. The van der Waals surface area contributed by atoms with E-state index in [1.165, 1.54) is 25.7 Å². The molecule has 2 aromatic heterocycles. The van der Waals surface area contributed by atoms with Crippen molar-refractivity contribution in [3.8, 4) is 5.82 Å². The zero-order valence-corrected chi connectivity index (χ0v) is 11.9. The molecule has 0 radical (unpaired) electrons. The first kappa shape index (κ1) is 13.7. The second-order valence-electron chi connectivity index (χ2n) is 5.41. The second kappa shape index (κ2) is 6.47. The normalized spacial score (nSPS) is 16.4. The van der Waals surface area contributed by atoms with E-state index in [4.69, 9.17) is 0 Å². The first-order valence-electron chi connectivity index (χ1n) is 7.46. The molecule has 2 aromatic rings. The maximum Gasteiger partial charge on any atom is 0.272 e. The average Bonchev–Trinajstić information content (AvgIpc) is 2.93. The molecular formula is C15H19N5O. The highest BCUT2D eigenvalue weighted by molar-refractivity contribution is 5.92. The fourth-order valence-corrected chi connectivity index (χ4v) is 2.66. The highest BCUT2D eigenvalue weighted by Crippen LogP contribution is 2.17. The van der Waals surface area contributed by atoms with Crippen LogP contribution in [-0.4, -0.2) is 31.7 Å². The second-order valence-corrected chi connectivity index (χ2v) is 5.41. The summed E-state index contributed by atoms with van der Waals surface area (Å²) in [4.78, 5) is 16.1. The van der Waals surface area contributed by atoms with Crippen LogP contribution in [0.3, 0.4) is 0 Å². The zero-order valence-electron chi connectivity index (χ0n) is 11.9. The van der Waals surface area contributed by atoms with Crippen molar-refractivity contribution in [1.82, 2.24) is 25.1 Å². The van der Waals surface area contributed by atoms with Gasteiger partial charge >= 0.3 is 0 Å². The number of nitrogens with one attached hydrogen (secondary N) is 1. The minimum absolute atomic E-state index is 0.133. The van der Waals surface area contributed by atoms with Crippen molar-refractivity contribution in [1.29, 1.82) is 0 Å². The molecule has 6 heteroatoms. The van der Waals surface area contributed by atoms with Crippen molar-refractivity contribution >= 4 is 5.91 Å². The predicted molar refractivity (Wildman–Crippen MR) is 78.1 cm³/mol. The van der Waals surface area contributed by atoms with Crippen LogP contribution in [0, 0.1) is 0 Å². The number of nitrogens with zero attached hydrogens (tertiary/aromatic N) is 4. The van der Waals surface area contributed by atoms with Crippen LogP contribution >= 0.6 is 0 Å². The van der Waals surface area contributed by atoms with E-state index in [0.717, 1.165) is 12.8 Å². The van der Waals surface area contributed by atoms with Gasteiger partial charge in [-0.25, -0.2) is 4.98 Å². The van der Waals surface area contributed by atoms with Gasteiger partial charge in [-0.15, -0.1) is 10.2 Å². The number of amides is 1. The summed E-state index contributed by atoms with van der Waals surface area (Å²) in [7, 11) is 0. The Balaban J connectivity index is 1.64. The molecule has 0 aromatic carbocycles. The van der Waals surface area contributed by atoms with Crippen LogP contribution < -0.4 is 5.32 Å². The van der Waals surface area contributed by atoms with Crippen LogP contribution in [0.2, 0.25) is 0 Å². The van der Waals surface area contributed by atoms with Gasteiger partial charge in [0.25, 0.3) is 5.91 Å². The van der Waals surface area contributed by atoms with Crippen LogP contribution in [0.5, 0.6) is 0 Å². The molecule has 21 heavy (non-hydrogen) atoms. The molecule has 0 unspecified atom stereocenters. The van der Waals surface area contributed by atoms with Crippen molar-refractivity contribution in [2.24, 2.45) is 0 Å². The van der Waals surface area contributed by atoms with E-state index in [9.17, 15) is 4.79 Å². The molecule has 0 aliphatic heterocycles. The standard InChI is InChI=1S/C15H19N5O/c21-15(17-12-5-3-1-2-4-6-12)13-7-8-14(19-18-13)20-10-9-16-11-20/h7-12H,1-6H2,(H,17,21). The molecule has 0 saturated heterocycles. The van der Waals surface area contributed by atoms with E-state index in [1.807, 2.05) is 0 Å². The number of carbonyl (C=O) groups is 1. The van der Waals surface area contributed by atoms with Gasteiger partial charge < -0.3 is 5.32 Å². The van der Waals surface area contributed by atoms with Crippen molar-refractivity contribution in [2.45, 2.75) is 44.6 Å². The summed E-state index contributed by atoms with van der Waals surface area (Å²) in [5.41, 5.74) is 0.364. The van der Waals surface area contributed by atoms with Crippen molar-refractivity contribution in [3.63, 3.8) is 0 Å². The predicted octanol–water partition coefficient (Wildman–Crippen LogP) is 2.11. The maximum atomic E-state index is 12.2. The van der Waals surface area contributed by atoms with Crippen LogP contribution in [0.4, 0.5) is 0 Å². The molecule has 2 heterocycles. The van der Waals surface area contributed by atoms with Crippen molar-refractivity contribution in [3.05, 3.63) is 36.5 Å². The Labute approximate surface area is 123 Å². The summed E-state index contributed by atoms with van der Waals surface area (Å²) in [6, 6.07) is 3.75. The number of aromatic nitrogens is 4. The SMILES string of the molecule is O=C(NC1CCCCCC1)c1ccc(-n2ccnc2)nn1. The van der Waals surface area contributed by atoms with Crippen LogP contribution in [0.1, 0.15) is 49.0 Å². The monoisotopic (exact) mass is 285 g/mol. The lowest BCUT2D eigenvalue weighted by molar-refractivity contribution is 0.0927. The van der Waals surface area contributed by atoms with Gasteiger partial charge in [0.05, 0.1) is 0 Å². The minimum Gasteiger partial charge on any atom is -0.348 e. The van der Waals surface area contributed by atoms with E-state index in [2.05, 4.69) is 20.5 Å². The summed E-state index contributed by atoms with van der Waals surface area (Å²) in [6.45, 7) is 0. The number of carbonyl (C=O) groups excluding carboxylic acids is 1. The Morgan fingerprint density at radius 1 is 1.14 bits per heavy atom. The van der Waals surface area contributed by atoms with E-state index < -0.39 is 0 Å². The topological polar surface area (TPSA) is 72.7 Å². The molecule has 1 aliphatic carbocycles. The fraction of sp³-hybridized carbons (Fsp3) is 0.467. The Morgan fingerprint density at radius 3 is 2.57 bits per heavy atom. The van der Waals surface area contributed by atoms with E-state index in [-0.39, 0.29) is 11.9 Å². The lowest BCUT2D eigenvalue weighted by Crippen LogP contribution is -2.35. The molecule has 1 aliphatic rings. The molecule has 1 amide bonds. The van der Waals surface area contributed by atoms with Gasteiger partial charge in [0.15, 0.2) is 11.5 Å². The molecule has 6 nitrogen and oxygen atoms in total. The minimum atomic E-state index is -0.133. The van der Waals surface area contributed by atoms with Crippen LogP contribution in [0.25, 0.3) is 5.82 Å². The number of hydrogen-bond acceptors (Lipinski definition) is 4. The molecule has 0 atom stereocenters. The molecule has 1 saturated carbocycles. The van der Waals surface area contributed by atoms with Gasteiger partial charge in [0.1, 0.15) is 6.33 Å². The molecule has 110 valence electrons. The van der Waals surface area contributed by atoms with Crippen LogP contribution in [-0.2, 0) is 0 Å². The molecule has 0 spiro atoms. The fourth-order valence-electron chi connectivity index (χ4n) is 2.66. The Morgan fingerprint density at radius 2 is 1.95 bits per heavy atom. The van der Waals surface area contributed by atoms with E-state index in [0.29, 0.717) is 11.5 Å². The molecule has 1 N–H and O–H groups in total. The third-order valence-corrected chi connectivity index (χ3v) is 3.84. The first-order valence-corrected chi connectivity index (χ1v) is 7.46. The third-order valence-electron chi connectivity index (χ3n) is 3.84. The zero-order chi connectivity index (χ0) is 14.5. The lowest BCUT2D eigenvalue weighted by Gasteiger charge is -2.15. The highest BCUT2D eigenvalue weighted by atomic mass is 16.2. The highest BCUT2D eigenvalue weighted by Gasteiger charge is 2.16. The summed E-state index contributed by atoms with van der Waals surface area (Å²) in [6.07, 6.45) is 12.2. The Bertz CT molecular complexity index is 571. The molecular weight excluding hydrogens is 266 g/mol. The Hall–Kier alpha value is -2.24.